The minimum atomic E-state index is -0.804. The number of benzene rings is 2. The van der Waals surface area contributed by atoms with Gasteiger partial charge in [-0.05, 0) is 68.8 Å². The van der Waals surface area contributed by atoms with Gasteiger partial charge >= 0.3 is 0 Å². The minimum Gasteiger partial charge on any atom is -0.491 e. The zero-order chi connectivity index (χ0) is 19.2. The summed E-state index contributed by atoms with van der Waals surface area (Å²) >= 11 is 0. The van der Waals surface area contributed by atoms with E-state index in [0.29, 0.717) is 5.69 Å². The van der Waals surface area contributed by atoms with Crippen molar-refractivity contribution in [1.29, 1.82) is 0 Å². The number of aliphatic hydroxyl groups is 2. The van der Waals surface area contributed by atoms with Crippen LogP contribution in [0.15, 0.2) is 48.5 Å². The quantitative estimate of drug-likeness (QED) is 0.624. The van der Waals surface area contributed by atoms with Gasteiger partial charge in [-0.3, -0.25) is 0 Å². The van der Waals surface area contributed by atoms with Crippen molar-refractivity contribution >= 4 is 17.1 Å². The average Bonchev–Trinajstić information content (AvgIpc) is 3.01. The summed E-state index contributed by atoms with van der Waals surface area (Å²) < 4.78 is 5.32. The first-order chi connectivity index (χ1) is 12.2. The highest BCUT2D eigenvalue weighted by molar-refractivity contribution is 5.53. The lowest BCUT2D eigenvalue weighted by Gasteiger charge is -2.17. The van der Waals surface area contributed by atoms with Gasteiger partial charge in [-0.1, -0.05) is 0 Å². The van der Waals surface area contributed by atoms with Crippen molar-refractivity contribution in [2.24, 2.45) is 0 Å². The molecular formula is C20H29N3O3. The largest absolute Gasteiger partial charge is 0.491 e. The molecule has 0 spiro atoms. The number of aliphatic hydroxyl groups excluding tert-OH is 1. The van der Waals surface area contributed by atoms with Gasteiger partial charge in [-0.2, -0.15) is 0 Å². The van der Waals surface area contributed by atoms with E-state index < -0.39 is 5.60 Å². The van der Waals surface area contributed by atoms with E-state index in [2.05, 4.69) is 4.90 Å². The molecule has 0 aliphatic carbocycles. The Kier molecular flexibility index (Phi) is 6.71. The second kappa shape index (κ2) is 8.78. The Labute approximate surface area is 155 Å². The molecular weight excluding hydrogens is 330 g/mol. The number of nitrogens with two attached hydrogens (primary N) is 2. The molecule has 1 unspecified atom stereocenters. The third-order valence-electron chi connectivity index (χ3n) is 3.89. The van der Waals surface area contributed by atoms with Crippen molar-refractivity contribution in [3.63, 3.8) is 0 Å². The molecule has 26 heavy (non-hydrogen) atoms. The summed E-state index contributed by atoms with van der Waals surface area (Å²) in [5.41, 5.74) is 12.9. The zero-order valence-electron chi connectivity index (χ0n) is 15.4. The van der Waals surface area contributed by atoms with E-state index in [1.807, 2.05) is 24.3 Å². The lowest BCUT2D eigenvalue weighted by atomic mass is 10.2. The number of β-amino-alcohol motifs (C(OH)–C–C–N with tert-alkyl or cyclic N) is 1. The van der Waals surface area contributed by atoms with E-state index in [-0.39, 0.29) is 12.7 Å². The van der Waals surface area contributed by atoms with Gasteiger partial charge in [0.2, 0.25) is 0 Å². The third-order valence-corrected chi connectivity index (χ3v) is 3.89. The monoisotopic (exact) mass is 359 g/mol. The predicted octanol–water partition coefficient (Wildman–Crippen LogP) is 2.26. The standard InChI is InChI=1S/C10H14N2O.C10H15NO2/c11-8-1-3-9(4-2-8)12-6-5-10(13)7-12;1-10(2,12)7-13-9-5-3-8(11)4-6-9/h1-4,10,13H,5-7,11H2;3-6,12H,7,11H2,1-2H3. The van der Waals surface area contributed by atoms with E-state index in [9.17, 15) is 10.2 Å². The Morgan fingerprint density at radius 2 is 1.58 bits per heavy atom. The molecule has 6 heteroatoms. The first-order valence-electron chi connectivity index (χ1n) is 8.72. The zero-order valence-corrected chi connectivity index (χ0v) is 15.4. The summed E-state index contributed by atoms with van der Waals surface area (Å²) in [7, 11) is 0. The molecule has 2 aromatic carbocycles. The first-order valence-corrected chi connectivity index (χ1v) is 8.72. The molecule has 2 aromatic rings. The first kappa shape index (κ1) is 19.9. The van der Waals surface area contributed by atoms with Crippen molar-refractivity contribution in [3.8, 4) is 5.75 Å². The Balaban J connectivity index is 0.000000187. The lowest BCUT2D eigenvalue weighted by molar-refractivity contribution is 0.0285. The Morgan fingerprint density at radius 3 is 2.04 bits per heavy atom. The van der Waals surface area contributed by atoms with E-state index in [4.69, 9.17) is 16.2 Å². The van der Waals surface area contributed by atoms with Crippen molar-refractivity contribution in [2.75, 3.05) is 36.1 Å². The van der Waals surface area contributed by atoms with Crippen LogP contribution in [-0.4, -0.2) is 41.6 Å². The van der Waals surface area contributed by atoms with Crippen molar-refractivity contribution in [1.82, 2.24) is 0 Å². The molecule has 1 aliphatic rings. The second-order valence-electron chi connectivity index (χ2n) is 7.15. The maximum absolute atomic E-state index is 9.38. The number of hydrogen-bond donors (Lipinski definition) is 4. The summed E-state index contributed by atoms with van der Waals surface area (Å²) in [6.45, 7) is 5.35. The number of nitrogens with zero attached hydrogens (tertiary/aromatic N) is 1. The maximum Gasteiger partial charge on any atom is 0.119 e. The number of ether oxygens (including phenoxy) is 1. The third kappa shape index (κ3) is 6.82. The smallest absolute Gasteiger partial charge is 0.119 e. The summed E-state index contributed by atoms with van der Waals surface area (Å²) in [5.74, 6) is 0.719. The van der Waals surface area contributed by atoms with Crippen molar-refractivity contribution in [2.45, 2.75) is 32.0 Å². The van der Waals surface area contributed by atoms with Crippen LogP contribution < -0.4 is 21.1 Å². The van der Waals surface area contributed by atoms with Gasteiger partial charge in [0.15, 0.2) is 0 Å². The van der Waals surface area contributed by atoms with Crippen LogP contribution in [0, 0.1) is 0 Å². The Hall–Kier alpha value is -2.44. The molecule has 1 fully saturated rings. The molecule has 1 aliphatic heterocycles. The highest BCUT2D eigenvalue weighted by atomic mass is 16.5. The van der Waals surface area contributed by atoms with Crippen LogP contribution in [0.5, 0.6) is 5.75 Å². The second-order valence-corrected chi connectivity index (χ2v) is 7.15. The summed E-state index contributed by atoms with van der Waals surface area (Å²) in [6, 6.07) is 14.8. The van der Waals surface area contributed by atoms with Gasteiger partial charge in [-0.25, -0.2) is 0 Å². The molecule has 1 atom stereocenters. The Morgan fingerprint density at radius 1 is 1.04 bits per heavy atom. The molecule has 142 valence electrons. The topological polar surface area (TPSA) is 105 Å². The van der Waals surface area contributed by atoms with Crippen LogP contribution >= 0.6 is 0 Å². The van der Waals surface area contributed by atoms with Gasteiger partial charge in [0.05, 0.1) is 11.7 Å². The van der Waals surface area contributed by atoms with E-state index in [1.165, 1.54) is 0 Å². The SMILES string of the molecule is CC(C)(O)COc1ccc(N)cc1.Nc1ccc(N2CCC(O)C2)cc1. The summed E-state index contributed by atoms with van der Waals surface area (Å²) in [5, 5.41) is 18.7. The number of rotatable bonds is 4. The molecule has 6 N–H and O–H groups in total. The van der Waals surface area contributed by atoms with E-state index in [1.54, 1.807) is 38.1 Å². The fourth-order valence-electron chi connectivity index (χ4n) is 2.49. The van der Waals surface area contributed by atoms with Gasteiger partial charge in [-0.15, -0.1) is 0 Å². The highest BCUT2D eigenvalue weighted by Crippen LogP contribution is 2.21. The average molecular weight is 359 g/mol. The van der Waals surface area contributed by atoms with Gasteiger partial charge in [0, 0.05) is 30.2 Å². The predicted molar refractivity (Wildman–Crippen MR) is 106 cm³/mol. The Bertz CT molecular complexity index is 666. The van der Waals surface area contributed by atoms with Crippen LogP contribution in [-0.2, 0) is 0 Å². The molecule has 0 bridgehead atoms. The van der Waals surface area contributed by atoms with Gasteiger partial charge < -0.3 is 31.3 Å². The maximum atomic E-state index is 9.38. The molecule has 0 amide bonds. The minimum absolute atomic E-state index is 0.169. The molecule has 6 nitrogen and oxygen atoms in total. The lowest BCUT2D eigenvalue weighted by Crippen LogP contribution is -2.27. The van der Waals surface area contributed by atoms with E-state index >= 15 is 0 Å². The van der Waals surface area contributed by atoms with Gasteiger partial charge in [0.25, 0.3) is 0 Å². The molecule has 1 saturated heterocycles. The molecule has 0 saturated carbocycles. The van der Waals surface area contributed by atoms with Crippen LogP contribution in [0.2, 0.25) is 0 Å². The van der Waals surface area contributed by atoms with Crippen LogP contribution in [0.4, 0.5) is 17.1 Å². The number of hydrogen-bond acceptors (Lipinski definition) is 6. The van der Waals surface area contributed by atoms with Crippen molar-refractivity contribution in [3.05, 3.63) is 48.5 Å². The van der Waals surface area contributed by atoms with Crippen LogP contribution in [0.1, 0.15) is 20.3 Å². The summed E-state index contributed by atoms with van der Waals surface area (Å²) in [6.07, 6.45) is 0.697. The van der Waals surface area contributed by atoms with Crippen LogP contribution in [0.3, 0.4) is 0 Å². The molecule has 1 heterocycles. The molecule has 0 radical (unpaired) electrons. The van der Waals surface area contributed by atoms with Crippen LogP contribution in [0.25, 0.3) is 0 Å². The number of nitrogen functional groups attached to an aromatic ring is 2. The fraction of sp³-hybridized carbons (Fsp3) is 0.400. The fourth-order valence-corrected chi connectivity index (χ4v) is 2.49. The summed E-state index contributed by atoms with van der Waals surface area (Å²) in [4.78, 5) is 2.17. The van der Waals surface area contributed by atoms with E-state index in [0.717, 1.165) is 36.6 Å². The van der Waals surface area contributed by atoms with Crippen molar-refractivity contribution < 1.29 is 14.9 Å². The molecule has 0 aromatic heterocycles. The van der Waals surface area contributed by atoms with Gasteiger partial charge in [0.1, 0.15) is 12.4 Å². The number of anilines is 3. The normalized spacial score (nSPS) is 16.8. The molecule has 3 rings (SSSR count). The highest BCUT2D eigenvalue weighted by Gasteiger charge is 2.19.